The van der Waals surface area contributed by atoms with Crippen LogP contribution in [0.1, 0.15) is 17.5 Å². The van der Waals surface area contributed by atoms with Crippen molar-refractivity contribution in [2.24, 2.45) is 5.73 Å². The molecule has 2 N–H and O–H groups in total. The molecule has 0 amide bonds. The van der Waals surface area contributed by atoms with Crippen LogP contribution in [0.4, 0.5) is 0 Å². The summed E-state index contributed by atoms with van der Waals surface area (Å²) in [6, 6.07) is 6.04. The predicted octanol–water partition coefficient (Wildman–Crippen LogP) is 1.44. The standard InChI is InChI=1S/C12H17NO2/c1-14-8-12(13)7-6-9-10(12)4-3-5-11(9)15-2/h3-5H,6-8,13H2,1-2H3. The van der Waals surface area contributed by atoms with Crippen LogP contribution in [-0.4, -0.2) is 20.8 Å². The molecule has 82 valence electrons. The van der Waals surface area contributed by atoms with Crippen LogP contribution in [0.3, 0.4) is 0 Å². The third-order valence-electron chi connectivity index (χ3n) is 3.11. The maximum Gasteiger partial charge on any atom is 0.122 e. The molecule has 0 aromatic heterocycles. The van der Waals surface area contributed by atoms with E-state index in [2.05, 4.69) is 6.07 Å². The van der Waals surface area contributed by atoms with Gasteiger partial charge in [-0.3, -0.25) is 0 Å². The van der Waals surface area contributed by atoms with Crippen molar-refractivity contribution in [2.75, 3.05) is 20.8 Å². The SMILES string of the molecule is COCC1(N)CCc2c(OC)cccc21. The van der Waals surface area contributed by atoms with Gasteiger partial charge in [-0.1, -0.05) is 12.1 Å². The molecule has 2 rings (SSSR count). The Bertz CT molecular complexity index is 365. The summed E-state index contributed by atoms with van der Waals surface area (Å²) >= 11 is 0. The summed E-state index contributed by atoms with van der Waals surface area (Å²) in [7, 11) is 3.38. The summed E-state index contributed by atoms with van der Waals surface area (Å²) in [5.74, 6) is 0.941. The van der Waals surface area contributed by atoms with Crippen molar-refractivity contribution >= 4 is 0 Å². The Labute approximate surface area is 90.2 Å². The number of hydrogen-bond donors (Lipinski definition) is 1. The average molecular weight is 207 g/mol. The van der Waals surface area contributed by atoms with Crippen LogP contribution in [0.2, 0.25) is 0 Å². The van der Waals surface area contributed by atoms with Gasteiger partial charge in [-0.05, 0) is 30.0 Å². The van der Waals surface area contributed by atoms with E-state index in [4.69, 9.17) is 15.2 Å². The molecule has 1 atom stereocenters. The Morgan fingerprint density at radius 3 is 2.87 bits per heavy atom. The minimum absolute atomic E-state index is 0.335. The summed E-state index contributed by atoms with van der Waals surface area (Å²) in [4.78, 5) is 0. The highest BCUT2D eigenvalue weighted by atomic mass is 16.5. The topological polar surface area (TPSA) is 44.5 Å². The molecular weight excluding hydrogens is 190 g/mol. The third-order valence-corrected chi connectivity index (χ3v) is 3.11. The van der Waals surface area contributed by atoms with Crippen LogP contribution >= 0.6 is 0 Å². The van der Waals surface area contributed by atoms with Gasteiger partial charge in [-0.25, -0.2) is 0 Å². The first-order valence-electron chi connectivity index (χ1n) is 5.15. The largest absolute Gasteiger partial charge is 0.496 e. The van der Waals surface area contributed by atoms with Crippen LogP contribution in [0.25, 0.3) is 0 Å². The van der Waals surface area contributed by atoms with Crippen LogP contribution in [0.15, 0.2) is 18.2 Å². The summed E-state index contributed by atoms with van der Waals surface area (Å²) in [5, 5.41) is 0. The van der Waals surface area contributed by atoms with E-state index in [0.717, 1.165) is 18.6 Å². The number of rotatable bonds is 3. The molecule has 0 heterocycles. The lowest BCUT2D eigenvalue weighted by Gasteiger charge is -2.24. The molecule has 0 aliphatic heterocycles. The van der Waals surface area contributed by atoms with Crippen molar-refractivity contribution in [3.05, 3.63) is 29.3 Å². The van der Waals surface area contributed by atoms with Crippen molar-refractivity contribution in [3.63, 3.8) is 0 Å². The molecule has 1 aromatic rings. The zero-order valence-electron chi connectivity index (χ0n) is 9.25. The zero-order valence-corrected chi connectivity index (χ0v) is 9.25. The fourth-order valence-corrected chi connectivity index (χ4v) is 2.37. The Hall–Kier alpha value is -1.06. The number of fused-ring (bicyclic) bond motifs is 1. The quantitative estimate of drug-likeness (QED) is 0.815. The van der Waals surface area contributed by atoms with Gasteiger partial charge in [0.25, 0.3) is 0 Å². The Kier molecular flexibility index (Phi) is 2.67. The van der Waals surface area contributed by atoms with E-state index >= 15 is 0 Å². The van der Waals surface area contributed by atoms with Gasteiger partial charge in [-0.15, -0.1) is 0 Å². The first kappa shape index (κ1) is 10.5. The second kappa shape index (κ2) is 3.83. The van der Waals surface area contributed by atoms with Gasteiger partial charge in [0.15, 0.2) is 0 Å². The predicted molar refractivity (Wildman–Crippen MR) is 59.1 cm³/mol. The normalized spacial score (nSPS) is 23.9. The second-order valence-electron chi connectivity index (χ2n) is 4.08. The number of benzene rings is 1. The highest BCUT2D eigenvalue weighted by Gasteiger charge is 2.36. The van der Waals surface area contributed by atoms with Crippen molar-refractivity contribution in [1.82, 2.24) is 0 Å². The molecule has 3 nitrogen and oxygen atoms in total. The van der Waals surface area contributed by atoms with Gasteiger partial charge in [0.1, 0.15) is 5.75 Å². The maximum absolute atomic E-state index is 6.32. The number of nitrogens with two attached hydrogens (primary N) is 1. The second-order valence-corrected chi connectivity index (χ2v) is 4.08. The molecule has 15 heavy (non-hydrogen) atoms. The lowest BCUT2D eigenvalue weighted by atomic mass is 9.94. The first-order valence-corrected chi connectivity index (χ1v) is 5.15. The van der Waals surface area contributed by atoms with Crippen molar-refractivity contribution < 1.29 is 9.47 Å². The van der Waals surface area contributed by atoms with E-state index in [0.29, 0.717) is 6.61 Å². The molecule has 1 aromatic carbocycles. The Balaban J connectivity index is 2.43. The maximum atomic E-state index is 6.32. The van der Waals surface area contributed by atoms with E-state index in [1.54, 1.807) is 14.2 Å². The lowest BCUT2D eigenvalue weighted by Crippen LogP contribution is -2.38. The fourth-order valence-electron chi connectivity index (χ4n) is 2.37. The summed E-state index contributed by atoms with van der Waals surface area (Å²) < 4.78 is 10.5. The smallest absolute Gasteiger partial charge is 0.122 e. The first-order chi connectivity index (χ1) is 7.21. The molecule has 1 unspecified atom stereocenters. The average Bonchev–Trinajstić information content (AvgIpc) is 2.57. The van der Waals surface area contributed by atoms with Crippen LogP contribution < -0.4 is 10.5 Å². The lowest BCUT2D eigenvalue weighted by molar-refractivity contribution is 0.132. The molecule has 1 aliphatic rings. The van der Waals surface area contributed by atoms with Gasteiger partial charge < -0.3 is 15.2 Å². The highest BCUT2D eigenvalue weighted by molar-refractivity contribution is 5.47. The van der Waals surface area contributed by atoms with Gasteiger partial charge in [-0.2, -0.15) is 0 Å². The number of hydrogen-bond acceptors (Lipinski definition) is 3. The number of methoxy groups -OCH3 is 2. The highest BCUT2D eigenvalue weighted by Crippen LogP contribution is 2.39. The monoisotopic (exact) mass is 207 g/mol. The molecule has 0 saturated carbocycles. The van der Waals surface area contributed by atoms with Gasteiger partial charge in [0, 0.05) is 7.11 Å². The van der Waals surface area contributed by atoms with Crippen LogP contribution in [0, 0.1) is 0 Å². The van der Waals surface area contributed by atoms with Crippen molar-refractivity contribution in [1.29, 1.82) is 0 Å². The summed E-state index contributed by atoms with van der Waals surface area (Å²) in [5.41, 5.74) is 8.40. The Morgan fingerprint density at radius 2 is 2.20 bits per heavy atom. The molecule has 0 radical (unpaired) electrons. The van der Waals surface area contributed by atoms with E-state index in [-0.39, 0.29) is 5.54 Å². The minimum atomic E-state index is -0.335. The molecule has 3 heteroatoms. The number of ether oxygens (including phenoxy) is 2. The van der Waals surface area contributed by atoms with Gasteiger partial charge in [0.2, 0.25) is 0 Å². The van der Waals surface area contributed by atoms with Crippen LogP contribution in [0.5, 0.6) is 5.75 Å². The van der Waals surface area contributed by atoms with E-state index < -0.39 is 0 Å². The summed E-state index contributed by atoms with van der Waals surface area (Å²) in [6.45, 7) is 0.563. The molecular formula is C12H17NO2. The third kappa shape index (κ3) is 1.62. The minimum Gasteiger partial charge on any atom is -0.496 e. The molecule has 0 bridgehead atoms. The van der Waals surface area contributed by atoms with Crippen LogP contribution in [-0.2, 0) is 16.7 Å². The fraction of sp³-hybridized carbons (Fsp3) is 0.500. The van der Waals surface area contributed by atoms with E-state index in [1.165, 1.54) is 11.1 Å². The van der Waals surface area contributed by atoms with E-state index in [9.17, 15) is 0 Å². The molecule has 0 spiro atoms. The van der Waals surface area contributed by atoms with Gasteiger partial charge >= 0.3 is 0 Å². The molecule has 1 aliphatic carbocycles. The molecule has 0 fully saturated rings. The summed E-state index contributed by atoms with van der Waals surface area (Å²) in [6.07, 6.45) is 1.90. The molecule has 0 saturated heterocycles. The zero-order chi connectivity index (χ0) is 10.9. The van der Waals surface area contributed by atoms with E-state index in [1.807, 2.05) is 12.1 Å². The van der Waals surface area contributed by atoms with Crippen molar-refractivity contribution in [2.45, 2.75) is 18.4 Å². The van der Waals surface area contributed by atoms with Gasteiger partial charge in [0.05, 0.1) is 19.3 Å². The Morgan fingerprint density at radius 1 is 1.40 bits per heavy atom. The van der Waals surface area contributed by atoms with Crippen molar-refractivity contribution in [3.8, 4) is 5.75 Å².